The predicted molar refractivity (Wildman–Crippen MR) is 159 cm³/mol. The summed E-state index contributed by atoms with van der Waals surface area (Å²) in [7, 11) is 0. The number of hydrogen-bond donors (Lipinski definition) is 2. The third kappa shape index (κ3) is 5.27. The first kappa shape index (κ1) is 25.9. The number of halogens is 1. The van der Waals surface area contributed by atoms with Crippen LogP contribution in [0, 0.1) is 12.7 Å². The van der Waals surface area contributed by atoms with Gasteiger partial charge < -0.3 is 15.5 Å². The summed E-state index contributed by atoms with van der Waals surface area (Å²) >= 11 is 0. The van der Waals surface area contributed by atoms with Crippen LogP contribution in [-0.2, 0) is 11.3 Å². The molecule has 2 heterocycles. The van der Waals surface area contributed by atoms with E-state index in [0.29, 0.717) is 22.6 Å². The molecule has 1 atom stereocenters. The van der Waals surface area contributed by atoms with Crippen LogP contribution < -0.4 is 15.5 Å². The molecule has 0 radical (unpaired) electrons. The highest BCUT2D eigenvalue weighted by Gasteiger charge is 2.34. The fraction of sp³-hybridized carbons (Fsp3) is 0.0909. The Balaban J connectivity index is 1.45. The van der Waals surface area contributed by atoms with Crippen molar-refractivity contribution < 1.29 is 14.0 Å². The van der Waals surface area contributed by atoms with Crippen molar-refractivity contribution in [2.24, 2.45) is 4.99 Å². The van der Waals surface area contributed by atoms with Gasteiger partial charge in [0, 0.05) is 28.4 Å². The summed E-state index contributed by atoms with van der Waals surface area (Å²) in [6.45, 7) is 2.04. The zero-order chi connectivity index (χ0) is 28.3. The second-order valence-electron chi connectivity index (χ2n) is 9.75. The number of aliphatic imine (C=N–C) groups is 1. The lowest BCUT2D eigenvalue weighted by Crippen LogP contribution is -2.48. The first-order valence-electron chi connectivity index (χ1n) is 13.2. The highest BCUT2D eigenvalue weighted by atomic mass is 19.1. The van der Waals surface area contributed by atoms with E-state index in [0.717, 1.165) is 16.3 Å². The molecule has 0 fully saturated rings. The highest BCUT2D eigenvalue weighted by Crippen LogP contribution is 2.31. The Hall–Kier alpha value is -5.37. The Labute approximate surface area is 236 Å². The third-order valence-corrected chi connectivity index (χ3v) is 6.94. The number of amides is 3. The Bertz CT molecular complexity index is 1810. The van der Waals surface area contributed by atoms with Crippen molar-refractivity contribution in [2.75, 3.05) is 10.2 Å². The summed E-state index contributed by atoms with van der Waals surface area (Å²) in [5.74, 6) is -0.960. The number of pyridine rings is 1. The van der Waals surface area contributed by atoms with Crippen LogP contribution in [0.15, 0.2) is 114 Å². The fourth-order valence-corrected chi connectivity index (χ4v) is 5.03. The molecule has 202 valence electrons. The van der Waals surface area contributed by atoms with E-state index in [1.807, 2.05) is 67.6 Å². The number of fused-ring (bicyclic) bond motifs is 2. The van der Waals surface area contributed by atoms with E-state index < -0.39 is 23.9 Å². The second kappa shape index (κ2) is 11.0. The molecule has 0 saturated carbocycles. The number of aryl methyl sites for hydroxylation is 1. The van der Waals surface area contributed by atoms with Crippen molar-refractivity contribution in [1.82, 2.24) is 10.3 Å². The van der Waals surface area contributed by atoms with Crippen LogP contribution in [0.1, 0.15) is 22.4 Å². The lowest BCUT2D eigenvalue weighted by atomic mass is 9.99. The Morgan fingerprint density at radius 3 is 2.49 bits per heavy atom. The summed E-state index contributed by atoms with van der Waals surface area (Å²) in [6, 6.07) is 29.9. The minimum absolute atomic E-state index is 0.120. The number of carbonyl (C=O) groups is 2. The maximum atomic E-state index is 15.1. The molecule has 0 saturated heterocycles. The molecule has 0 bridgehead atoms. The van der Waals surface area contributed by atoms with Gasteiger partial charge in [-0.2, -0.15) is 0 Å². The second-order valence-corrected chi connectivity index (χ2v) is 9.75. The van der Waals surface area contributed by atoms with Crippen molar-refractivity contribution in [3.8, 4) is 0 Å². The molecule has 1 aliphatic rings. The minimum Gasteiger partial charge on any atom is -0.308 e. The van der Waals surface area contributed by atoms with Gasteiger partial charge in [0.15, 0.2) is 0 Å². The molecule has 1 aromatic heterocycles. The van der Waals surface area contributed by atoms with Gasteiger partial charge in [-0.25, -0.2) is 14.2 Å². The molecule has 4 aromatic carbocycles. The SMILES string of the molecule is Cc1cccc(NC(=O)N[C@@H]2N=C(c3ccccc3F)c3ccccc3N(Cc3nccc4ccccc34)C2=O)c1. The maximum absolute atomic E-state index is 15.1. The average molecular weight is 544 g/mol. The van der Waals surface area contributed by atoms with Crippen LogP contribution in [0.5, 0.6) is 0 Å². The van der Waals surface area contributed by atoms with Gasteiger partial charge in [0.2, 0.25) is 6.17 Å². The number of urea groups is 1. The number of aromatic nitrogens is 1. The number of hydrogen-bond acceptors (Lipinski definition) is 4. The van der Waals surface area contributed by atoms with E-state index >= 15 is 4.39 Å². The number of nitrogens with zero attached hydrogens (tertiary/aromatic N) is 3. The lowest BCUT2D eigenvalue weighted by molar-refractivity contribution is -0.120. The molecule has 1 aliphatic heterocycles. The van der Waals surface area contributed by atoms with Crippen LogP contribution >= 0.6 is 0 Å². The van der Waals surface area contributed by atoms with E-state index in [4.69, 9.17) is 0 Å². The first-order valence-corrected chi connectivity index (χ1v) is 13.2. The molecule has 0 unspecified atom stereocenters. The first-order chi connectivity index (χ1) is 20.0. The topological polar surface area (TPSA) is 86.7 Å². The maximum Gasteiger partial charge on any atom is 0.321 e. The van der Waals surface area contributed by atoms with Gasteiger partial charge in [-0.3, -0.25) is 9.78 Å². The van der Waals surface area contributed by atoms with Gasteiger partial charge in [0.1, 0.15) is 5.82 Å². The number of carbonyl (C=O) groups excluding carboxylic acids is 2. The van der Waals surface area contributed by atoms with Crippen LogP contribution in [0.4, 0.5) is 20.6 Å². The van der Waals surface area contributed by atoms with Crippen molar-refractivity contribution in [1.29, 1.82) is 0 Å². The summed E-state index contributed by atoms with van der Waals surface area (Å²) in [4.78, 5) is 38.2. The summed E-state index contributed by atoms with van der Waals surface area (Å²) in [5, 5.41) is 7.38. The van der Waals surface area contributed by atoms with Gasteiger partial charge in [-0.05, 0) is 54.3 Å². The third-order valence-electron chi connectivity index (χ3n) is 6.94. The zero-order valence-corrected chi connectivity index (χ0v) is 22.2. The monoisotopic (exact) mass is 543 g/mol. The molecule has 7 nitrogen and oxygen atoms in total. The van der Waals surface area contributed by atoms with Crippen LogP contribution in [0.3, 0.4) is 0 Å². The summed E-state index contributed by atoms with van der Waals surface area (Å²) in [5.41, 5.74) is 3.82. The van der Waals surface area contributed by atoms with Crippen molar-refractivity contribution in [2.45, 2.75) is 19.6 Å². The molecular weight excluding hydrogens is 517 g/mol. The number of anilines is 2. The van der Waals surface area contributed by atoms with E-state index in [2.05, 4.69) is 20.6 Å². The Kier molecular flexibility index (Phi) is 6.95. The summed E-state index contributed by atoms with van der Waals surface area (Å²) < 4.78 is 15.1. The number of rotatable bonds is 5. The van der Waals surface area contributed by atoms with Crippen molar-refractivity contribution in [3.63, 3.8) is 0 Å². The van der Waals surface area contributed by atoms with Crippen LogP contribution in [0.2, 0.25) is 0 Å². The molecule has 41 heavy (non-hydrogen) atoms. The smallest absolute Gasteiger partial charge is 0.308 e. The minimum atomic E-state index is -1.34. The quantitative estimate of drug-likeness (QED) is 0.276. The lowest BCUT2D eigenvalue weighted by Gasteiger charge is -2.25. The van der Waals surface area contributed by atoms with Crippen molar-refractivity contribution >= 4 is 39.8 Å². The average Bonchev–Trinajstić information content (AvgIpc) is 3.08. The van der Waals surface area contributed by atoms with Gasteiger partial charge >= 0.3 is 6.03 Å². The zero-order valence-electron chi connectivity index (χ0n) is 22.2. The molecule has 5 aromatic rings. The van der Waals surface area contributed by atoms with Gasteiger partial charge in [0.05, 0.1) is 23.6 Å². The number of benzodiazepines with no additional fused rings is 1. The fourth-order valence-electron chi connectivity index (χ4n) is 5.03. The molecule has 8 heteroatoms. The summed E-state index contributed by atoms with van der Waals surface area (Å²) in [6.07, 6.45) is 0.370. The molecular formula is C33H26FN5O2. The standard InChI is InChI=1S/C33H26FN5O2/c1-21-9-8-11-23(19-21)36-33(41)38-31-32(40)39(20-28-24-12-3-2-10-22(24)17-18-35-28)29-16-7-5-14-26(29)30(37-31)25-13-4-6-15-27(25)34/h2-19,31H,20H2,1H3,(H2,36,38,41)/t31-/m0/s1. The van der Waals surface area contributed by atoms with Gasteiger partial charge in [-0.1, -0.05) is 66.7 Å². The normalized spacial score (nSPS) is 14.7. The molecule has 6 rings (SSSR count). The number of benzene rings is 4. The number of para-hydroxylation sites is 1. The molecule has 3 amide bonds. The van der Waals surface area contributed by atoms with E-state index in [1.54, 1.807) is 47.5 Å². The molecule has 2 N–H and O–H groups in total. The Morgan fingerprint density at radius 1 is 0.902 bits per heavy atom. The largest absolute Gasteiger partial charge is 0.321 e. The van der Waals surface area contributed by atoms with E-state index in [-0.39, 0.29) is 17.8 Å². The predicted octanol–water partition coefficient (Wildman–Crippen LogP) is 6.21. The molecule has 0 aliphatic carbocycles. The molecule has 0 spiro atoms. The van der Waals surface area contributed by atoms with E-state index in [1.165, 1.54) is 6.07 Å². The van der Waals surface area contributed by atoms with Crippen molar-refractivity contribution in [3.05, 3.63) is 138 Å². The Morgan fingerprint density at radius 2 is 1.66 bits per heavy atom. The van der Waals surface area contributed by atoms with Gasteiger partial charge in [-0.15, -0.1) is 0 Å². The van der Waals surface area contributed by atoms with Crippen LogP contribution in [0.25, 0.3) is 10.8 Å². The van der Waals surface area contributed by atoms with Gasteiger partial charge in [0.25, 0.3) is 5.91 Å². The van der Waals surface area contributed by atoms with E-state index in [9.17, 15) is 9.59 Å². The number of nitrogens with one attached hydrogen (secondary N) is 2. The highest BCUT2D eigenvalue weighted by molar-refractivity contribution is 6.20. The van der Waals surface area contributed by atoms with Crippen LogP contribution in [-0.4, -0.2) is 28.8 Å².